The molecule has 80 valence electrons. The van der Waals surface area contributed by atoms with Gasteiger partial charge in [-0.05, 0) is 12.8 Å². The molecule has 4 nitrogen and oxygen atoms in total. The van der Waals surface area contributed by atoms with Crippen LogP contribution in [0.2, 0.25) is 0 Å². The second-order valence-electron chi connectivity index (χ2n) is 3.84. The molecule has 0 aromatic rings. The normalized spacial score (nSPS) is 27.0. The van der Waals surface area contributed by atoms with E-state index in [4.69, 9.17) is 9.47 Å². The van der Waals surface area contributed by atoms with Crippen molar-refractivity contribution in [1.29, 1.82) is 0 Å². The van der Waals surface area contributed by atoms with E-state index in [-0.39, 0.29) is 0 Å². The Morgan fingerprint density at radius 2 is 1.93 bits per heavy atom. The highest BCUT2D eigenvalue weighted by molar-refractivity contribution is 5.94. The molecule has 0 aliphatic carbocycles. The summed E-state index contributed by atoms with van der Waals surface area (Å²) >= 11 is 0. The first kappa shape index (κ1) is 11.0. The van der Waals surface area contributed by atoms with E-state index in [1.165, 1.54) is 0 Å². The standard InChI is InChI=1S/C10H18N2O2/c1-7(2)10(3)9(14-5)11-6-8(12-10)13-4/h7H,6H2,1-5H3/t10-/m0/s1/i6+1,8+1,11+1. The van der Waals surface area contributed by atoms with Crippen LogP contribution in [-0.2, 0) is 9.47 Å². The molecule has 0 unspecified atom stereocenters. The SMILES string of the molecule is COC1=[15N][13CH2][13C](OC)=N[C@@]1(C)C(C)C. The Balaban J connectivity index is 3.01. The molecule has 1 aliphatic rings. The van der Waals surface area contributed by atoms with Crippen molar-refractivity contribution in [2.45, 2.75) is 26.3 Å². The van der Waals surface area contributed by atoms with Gasteiger partial charge in [0, 0.05) is 0 Å². The summed E-state index contributed by atoms with van der Waals surface area (Å²) in [6.07, 6.45) is 0. The van der Waals surface area contributed by atoms with Crippen LogP contribution in [0.25, 0.3) is 0 Å². The second-order valence-corrected chi connectivity index (χ2v) is 3.84. The zero-order chi connectivity index (χ0) is 10.8. The van der Waals surface area contributed by atoms with Crippen LogP contribution in [0.4, 0.5) is 0 Å². The Morgan fingerprint density at radius 3 is 2.36 bits per heavy atom. The van der Waals surface area contributed by atoms with E-state index in [2.05, 4.69) is 23.8 Å². The second kappa shape index (κ2) is 3.98. The van der Waals surface area contributed by atoms with Crippen molar-refractivity contribution >= 4 is 11.8 Å². The predicted molar refractivity (Wildman–Crippen MR) is 57.0 cm³/mol. The highest BCUT2D eigenvalue weighted by Gasteiger charge is 2.38. The van der Waals surface area contributed by atoms with Crippen molar-refractivity contribution in [3.8, 4) is 0 Å². The molecule has 0 bridgehead atoms. The maximum Gasteiger partial charge on any atom is 0.212 e. The number of nitrogens with zero attached hydrogens (tertiary/aromatic N) is 2. The first-order chi connectivity index (χ1) is 6.54. The Kier molecular flexibility index (Phi) is 3.13. The van der Waals surface area contributed by atoms with Crippen LogP contribution in [0.1, 0.15) is 20.8 Å². The quantitative estimate of drug-likeness (QED) is 0.476. The monoisotopic (exact) mass is 201 g/mol. The molecule has 1 atom stereocenters. The molecule has 0 aromatic carbocycles. The van der Waals surface area contributed by atoms with Crippen molar-refractivity contribution < 1.29 is 9.47 Å². The Hall–Kier alpha value is -1.06. The van der Waals surface area contributed by atoms with Gasteiger partial charge >= 0.3 is 0 Å². The van der Waals surface area contributed by atoms with Gasteiger partial charge in [-0.15, -0.1) is 0 Å². The lowest BCUT2D eigenvalue weighted by Gasteiger charge is -2.32. The highest BCUT2D eigenvalue weighted by Crippen LogP contribution is 2.26. The highest BCUT2D eigenvalue weighted by atomic mass is 16.6. The summed E-state index contributed by atoms with van der Waals surface area (Å²) < 4.78 is 10.4. The summed E-state index contributed by atoms with van der Waals surface area (Å²) in [5.41, 5.74) is -0.391. The molecule has 0 radical (unpaired) electrons. The van der Waals surface area contributed by atoms with E-state index in [9.17, 15) is 0 Å². The lowest BCUT2D eigenvalue weighted by molar-refractivity contribution is 0.299. The average molecular weight is 201 g/mol. The molecule has 0 spiro atoms. The first-order valence-electron chi connectivity index (χ1n) is 4.76. The van der Waals surface area contributed by atoms with Crippen molar-refractivity contribution in [1.82, 2.24) is 0 Å². The van der Waals surface area contributed by atoms with Crippen molar-refractivity contribution in [3.05, 3.63) is 0 Å². The molecule has 0 N–H and O–H groups in total. The molecule has 0 fully saturated rings. The summed E-state index contributed by atoms with van der Waals surface area (Å²) in [6, 6.07) is 0. The average Bonchev–Trinajstić information content (AvgIpc) is 2.17. The Bertz CT molecular complexity index is 271. The van der Waals surface area contributed by atoms with Crippen molar-refractivity contribution in [2.75, 3.05) is 20.8 Å². The first-order valence-corrected chi connectivity index (χ1v) is 4.76. The van der Waals surface area contributed by atoms with E-state index in [0.717, 1.165) is 0 Å². The molecule has 4 heteroatoms. The fourth-order valence-electron chi connectivity index (χ4n) is 1.40. The van der Waals surface area contributed by atoms with Crippen LogP contribution in [-0.4, -0.2) is 38.1 Å². The van der Waals surface area contributed by atoms with Crippen molar-refractivity contribution in [2.24, 2.45) is 15.9 Å². The van der Waals surface area contributed by atoms with Crippen LogP contribution in [0, 0.1) is 5.92 Å². The molecular formula is C10H18N2O2. The minimum absolute atomic E-state index is 0.326. The van der Waals surface area contributed by atoms with Gasteiger partial charge in [-0.3, -0.25) is 0 Å². The van der Waals surface area contributed by atoms with Gasteiger partial charge in [0.25, 0.3) is 0 Å². The number of rotatable bonds is 1. The third kappa shape index (κ3) is 1.74. The predicted octanol–water partition coefficient (Wildman–Crippen LogP) is 1.50. The van der Waals surface area contributed by atoms with Gasteiger partial charge in [0.05, 0.1) is 14.2 Å². The minimum Gasteiger partial charge on any atom is -0.483 e. The number of aliphatic imine (C=N–C) groups is 2. The zero-order valence-corrected chi connectivity index (χ0v) is 9.50. The molecule has 0 aromatic heterocycles. The fraction of sp³-hybridized carbons (Fsp3) is 0.800. The third-order valence-corrected chi connectivity index (χ3v) is 2.70. The molecule has 0 saturated heterocycles. The van der Waals surface area contributed by atoms with Crippen LogP contribution in [0.5, 0.6) is 0 Å². The van der Waals surface area contributed by atoms with Crippen LogP contribution >= 0.6 is 0 Å². The van der Waals surface area contributed by atoms with Gasteiger partial charge < -0.3 is 9.47 Å². The van der Waals surface area contributed by atoms with E-state index in [1.807, 2.05) is 6.92 Å². The molecule has 1 rings (SSSR count). The molecule has 0 saturated carbocycles. The number of hydrogen-bond acceptors (Lipinski definition) is 4. The summed E-state index contributed by atoms with van der Waals surface area (Å²) in [5.74, 6) is 1.68. The number of methoxy groups -OCH3 is 2. The molecule has 14 heavy (non-hydrogen) atoms. The zero-order valence-electron chi connectivity index (χ0n) is 9.50. The van der Waals surface area contributed by atoms with E-state index < -0.39 is 5.54 Å². The molecule has 1 aliphatic heterocycles. The maximum atomic E-state index is 5.25. The van der Waals surface area contributed by atoms with E-state index in [0.29, 0.717) is 24.3 Å². The smallest absolute Gasteiger partial charge is 0.212 e. The lowest BCUT2D eigenvalue weighted by atomic mass is 9.89. The van der Waals surface area contributed by atoms with E-state index >= 15 is 0 Å². The largest absolute Gasteiger partial charge is 0.483 e. The van der Waals surface area contributed by atoms with Crippen molar-refractivity contribution in [3.63, 3.8) is 0 Å². The van der Waals surface area contributed by atoms with Crippen LogP contribution in [0.3, 0.4) is 0 Å². The van der Waals surface area contributed by atoms with E-state index in [1.54, 1.807) is 14.2 Å². The third-order valence-electron chi connectivity index (χ3n) is 2.70. The summed E-state index contributed by atoms with van der Waals surface area (Å²) in [4.78, 5) is 8.84. The minimum atomic E-state index is -0.391. The number of ether oxygens (including phenoxy) is 2. The summed E-state index contributed by atoms with van der Waals surface area (Å²) in [7, 11) is 3.25. The van der Waals surface area contributed by atoms with Gasteiger partial charge in [-0.25, -0.2) is 9.98 Å². The van der Waals surface area contributed by atoms with Crippen LogP contribution in [0.15, 0.2) is 9.98 Å². The van der Waals surface area contributed by atoms with Crippen LogP contribution < -0.4 is 0 Å². The molecule has 1 heterocycles. The Labute approximate surface area is 85.0 Å². The summed E-state index contributed by atoms with van der Waals surface area (Å²) in [6.45, 7) is 6.67. The van der Waals surface area contributed by atoms with Gasteiger partial charge in [-0.2, -0.15) is 0 Å². The molecular weight excluding hydrogens is 183 g/mol. The fourth-order valence-corrected chi connectivity index (χ4v) is 1.40. The number of hydrogen-bond donors (Lipinski definition) is 0. The maximum absolute atomic E-state index is 5.25. The van der Waals surface area contributed by atoms with Gasteiger partial charge in [0.2, 0.25) is 11.8 Å². The lowest BCUT2D eigenvalue weighted by Crippen LogP contribution is -2.44. The summed E-state index contributed by atoms with van der Waals surface area (Å²) in [5, 5.41) is 0. The van der Waals surface area contributed by atoms with Gasteiger partial charge in [0.1, 0.15) is 12.1 Å². The Morgan fingerprint density at radius 1 is 1.29 bits per heavy atom. The topological polar surface area (TPSA) is 43.2 Å². The molecule has 0 amide bonds. The van der Waals surface area contributed by atoms with Gasteiger partial charge in [0.15, 0.2) is 0 Å². The van der Waals surface area contributed by atoms with Gasteiger partial charge in [-0.1, -0.05) is 13.8 Å².